The standard InChI is InChI=1S/C13H18O4/c1-11-9-10-14-6-5-12(11,17-10)3-2-4-13(11)15-7-8-16-13/h5-6,10H,2-4,7-9H2,1H3/t10-,11+,12-/m1/s1. The first-order valence-electron chi connectivity index (χ1n) is 6.49. The van der Waals surface area contributed by atoms with Crippen molar-refractivity contribution in [3.05, 3.63) is 12.3 Å². The van der Waals surface area contributed by atoms with Gasteiger partial charge >= 0.3 is 0 Å². The minimum atomic E-state index is -0.460. The van der Waals surface area contributed by atoms with E-state index >= 15 is 0 Å². The van der Waals surface area contributed by atoms with Gasteiger partial charge in [0.05, 0.1) is 24.9 Å². The van der Waals surface area contributed by atoms with Crippen LogP contribution in [-0.4, -0.2) is 30.9 Å². The van der Waals surface area contributed by atoms with Crippen molar-refractivity contribution in [2.45, 2.75) is 50.3 Å². The normalized spacial score (nSPS) is 50.3. The van der Waals surface area contributed by atoms with Gasteiger partial charge in [-0.05, 0) is 18.9 Å². The van der Waals surface area contributed by atoms with Crippen LogP contribution in [0.5, 0.6) is 0 Å². The van der Waals surface area contributed by atoms with E-state index in [4.69, 9.17) is 18.9 Å². The number of hydrogen-bond acceptors (Lipinski definition) is 4. The van der Waals surface area contributed by atoms with Crippen LogP contribution in [0.25, 0.3) is 0 Å². The summed E-state index contributed by atoms with van der Waals surface area (Å²) in [6.45, 7) is 3.62. The van der Waals surface area contributed by atoms with Gasteiger partial charge in [0, 0.05) is 12.8 Å². The molecule has 0 N–H and O–H groups in total. The Morgan fingerprint density at radius 1 is 1.18 bits per heavy atom. The number of hydrogen-bond donors (Lipinski definition) is 0. The molecule has 2 saturated heterocycles. The first kappa shape index (κ1) is 10.4. The zero-order valence-corrected chi connectivity index (χ0v) is 10.1. The van der Waals surface area contributed by atoms with E-state index in [0.29, 0.717) is 13.2 Å². The highest BCUT2D eigenvalue weighted by Crippen LogP contribution is 2.63. The fourth-order valence-corrected chi connectivity index (χ4v) is 4.12. The molecule has 0 aromatic carbocycles. The Morgan fingerprint density at radius 3 is 2.82 bits per heavy atom. The van der Waals surface area contributed by atoms with Gasteiger partial charge in [-0.1, -0.05) is 6.92 Å². The summed E-state index contributed by atoms with van der Waals surface area (Å²) in [4.78, 5) is 0. The van der Waals surface area contributed by atoms with Crippen LogP contribution in [-0.2, 0) is 18.9 Å². The first-order chi connectivity index (χ1) is 8.20. The lowest BCUT2D eigenvalue weighted by molar-refractivity contribution is -0.284. The topological polar surface area (TPSA) is 36.9 Å². The molecule has 4 heteroatoms. The average Bonchev–Trinajstić information content (AvgIpc) is 2.84. The molecule has 94 valence electrons. The van der Waals surface area contributed by atoms with Crippen molar-refractivity contribution in [2.24, 2.45) is 5.41 Å². The van der Waals surface area contributed by atoms with Crippen LogP contribution < -0.4 is 0 Å². The van der Waals surface area contributed by atoms with Crippen molar-refractivity contribution in [1.82, 2.24) is 0 Å². The van der Waals surface area contributed by atoms with Crippen molar-refractivity contribution < 1.29 is 18.9 Å². The Bertz CT molecular complexity index is 374. The zero-order valence-electron chi connectivity index (χ0n) is 10.1. The van der Waals surface area contributed by atoms with Crippen LogP contribution in [0.3, 0.4) is 0 Å². The third-order valence-corrected chi connectivity index (χ3v) is 5.07. The van der Waals surface area contributed by atoms with Gasteiger partial charge in [-0.15, -0.1) is 0 Å². The van der Waals surface area contributed by atoms with Crippen molar-refractivity contribution >= 4 is 0 Å². The maximum Gasteiger partial charge on any atom is 0.200 e. The van der Waals surface area contributed by atoms with E-state index in [-0.39, 0.29) is 17.3 Å². The van der Waals surface area contributed by atoms with E-state index in [2.05, 4.69) is 13.0 Å². The average molecular weight is 238 g/mol. The Hall–Kier alpha value is -0.580. The highest BCUT2D eigenvalue weighted by Gasteiger charge is 2.71. The molecule has 0 radical (unpaired) electrons. The van der Waals surface area contributed by atoms with E-state index in [0.717, 1.165) is 25.7 Å². The molecule has 1 saturated carbocycles. The highest BCUT2D eigenvalue weighted by molar-refractivity contribution is 5.22. The molecule has 0 unspecified atom stereocenters. The molecule has 0 aromatic rings. The van der Waals surface area contributed by atoms with E-state index < -0.39 is 5.79 Å². The van der Waals surface area contributed by atoms with Gasteiger partial charge in [-0.3, -0.25) is 0 Å². The Morgan fingerprint density at radius 2 is 2.00 bits per heavy atom. The second-order valence-electron chi connectivity index (χ2n) is 5.72. The highest BCUT2D eigenvalue weighted by atomic mass is 16.7. The van der Waals surface area contributed by atoms with Crippen LogP contribution in [0.15, 0.2) is 12.3 Å². The van der Waals surface area contributed by atoms with E-state index in [1.165, 1.54) is 0 Å². The largest absolute Gasteiger partial charge is 0.473 e. The molecule has 4 aliphatic rings. The van der Waals surface area contributed by atoms with Crippen LogP contribution in [0, 0.1) is 5.41 Å². The van der Waals surface area contributed by atoms with E-state index in [1.54, 1.807) is 6.26 Å². The number of rotatable bonds is 0. The molecule has 0 aromatic heterocycles. The van der Waals surface area contributed by atoms with Crippen LogP contribution in [0.4, 0.5) is 0 Å². The molecule has 3 heterocycles. The summed E-state index contributed by atoms with van der Waals surface area (Å²) < 4.78 is 23.6. The smallest absolute Gasteiger partial charge is 0.200 e. The molecule has 3 atom stereocenters. The third-order valence-electron chi connectivity index (χ3n) is 5.07. The zero-order chi connectivity index (χ0) is 11.6. The van der Waals surface area contributed by atoms with E-state index in [9.17, 15) is 0 Å². The maximum atomic E-state index is 6.11. The SMILES string of the molecule is C[C@]12C[C@@H]3OC=C[C@@]1(CCCC21OCCO1)O3. The molecule has 0 amide bonds. The van der Waals surface area contributed by atoms with Crippen LogP contribution >= 0.6 is 0 Å². The number of fused-ring (bicyclic) bond motifs is 2. The molecule has 2 bridgehead atoms. The predicted molar refractivity (Wildman–Crippen MR) is 59.0 cm³/mol. The molecule has 17 heavy (non-hydrogen) atoms. The second-order valence-corrected chi connectivity index (χ2v) is 5.72. The monoisotopic (exact) mass is 238 g/mol. The first-order valence-corrected chi connectivity index (χ1v) is 6.49. The summed E-state index contributed by atoms with van der Waals surface area (Å²) in [5.41, 5.74) is -0.384. The minimum absolute atomic E-state index is 0.132. The fraction of sp³-hybridized carbons (Fsp3) is 0.846. The lowest BCUT2D eigenvalue weighted by Crippen LogP contribution is -2.60. The third kappa shape index (κ3) is 1.05. The van der Waals surface area contributed by atoms with Gasteiger partial charge < -0.3 is 18.9 Å². The molecule has 4 nitrogen and oxygen atoms in total. The second kappa shape index (κ2) is 3.05. The molecule has 3 fully saturated rings. The summed E-state index contributed by atoms with van der Waals surface area (Å²) in [5, 5.41) is 0. The van der Waals surface area contributed by atoms with Crippen molar-refractivity contribution in [3.8, 4) is 0 Å². The molecular formula is C13H18O4. The molecule has 4 rings (SSSR count). The van der Waals surface area contributed by atoms with Crippen molar-refractivity contribution in [2.75, 3.05) is 13.2 Å². The van der Waals surface area contributed by atoms with Crippen molar-refractivity contribution in [1.29, 1.82) is 0 Å². The minimum Gasteiger partial charge on any atom is -0.473 e. The molecular weight excluding hydrogens is 220 g/mol. The van der Waals surface area contributed by atoms with Gasteiger partial charge in [0.15, 0.2) is 5.79 Å². The predicted octanol–water partition coefficient (Wildman–Crippen LogP) is 1.95. The van der Waals surface area contributed by atoms with Gasteiger partial charge in [0.1, 0.15) is 5.60 Å². The summed E-state index contributed by atoms with van der Waals surface area (Å²) in [7, 11) is 0. The quantitative estimate of drug-likeness (QED) is 0.646. The Balaban J connectivity index is 1.84. The Kier molecular flexibility index (Phi) is 1.86. The molecule has 2 spiro atoms. The Labute approximate surface area is 101 Å². The number of ether oxygens (including phenoxy) is 4. The summed E-state index contributed by atoms with van der Waals surface area (Å²) in [5.74, 6) is -0.460. The van der Waals surface area contributed by atoms with Gasteiger partial charge in [0.2, 0.25) is 6.29 Å². The maximum absolute atomic E-state index is 6.11. The van der Waals surface area contributed by atoms with Gasteiger partial charge in [-0.25, -0.2) is 0 Å². The lowest BCUT2D eigenvalue weighted by atomic mass is 9.60. The van der Waals surface area contributed by atoms with Crippen molar-refractivity contribution in [3.63, 3.8) is 0 Å². The molecule has 3 aliphatic heterocycles. The van der Waals surface area contributed by atoms with Crippen LogP contribution in [0.2, 0.25) is 0 Å². The lowest BCUT2D eigenvalue weighted by Gasteiger charge is -2.53. The van der Waals surface area contributed by atoms with E-state index in [1.807, 2.05) is 0 Å². The van der Waals surface area contributed by atoms with Gasteiger partial charge in [0.25, 0.3) is 0 Å². The van der Waals surface area contributed by atoms with Gasteiger partial charge in [-0.2, -0.15) is 0 Å². The fourth-order valence-electron chi connectivity index (χ4n) is 4.12. The summed E-state index contributed by atoms with van der Waals surface area (Å²) in [6.07, 6.45) is 7.67. The molecule has 1 aliphatic carbocycles. The summed E-state index contributed by atoms with van der Waals surface area (Å²) in [6, 6.07) is 0. The summed E-state index contributed by atoms with van der Waals surface area (Å²) >= 11 is 0. The van der Waals surface area contributed by atoms with Crippen LogP contribution in [0.1, 0.15) is 32.6 Å².